The van der Waals surface area contributed by atoms with Gasteiger partial charge in [-0.15, -0.1) is 0 Å². The van der Waals surface area contributed by atoms with Gasteiger partial charge in [-0.1, -0.05) is 30.3 Å². The molecule has 1 amide bonds. The lowest BCUT2D eigenvalue weighted by Gasteiger charge is -2.25. The summed E-state index contributed by atoms with van der Waals surface area (Å²) in [5.74, 6) is -0.206. The van der Waals surface area contributed by atoms with Crippen LogP contribution in [0.15, 0.2) is 48.5 Å². The van der Waals surface area contributed by atoms with Gasteiger partial charge in [0.15, 0.2) is 0 Å². The Morgan fingerprint density at radius 2 is 2.00 bits per heavy atom. The lowest BCUT2D eigenvalue weighted by Crippen LogP contribution is -2.45. The second-order valence-corrected chi connectivity index (χ2v) is 5.92. The van der Waals surface area contributed by atoms with Crippen molar-refractivity contribution in [3.63, 3.8) is 0 Å². The summed E-state index contributed by atoms with van der Waals surface area (Å²) >= 11 is 0. The highest BCUT2D eigenvalue weighted by atomic mass is 16.2. The second-order valence-electron chi connectivity index (χ2n) is 5.92. The number of fused-ring (bicyclic) bond motifs is 1. The third-order valence-electron chi connectivity index (χ3n) is 4.15. The fourth-order valence-electron chi connectivity index (χ4n) is 2.73. The van der Waals surface area contributed by atoms with E-state index in [2.05, 4.69) is 10.6 Å². The Labute approximate surface area is 130 Å². The van der Waals surface area contributed by atoms with Crippen LogP contribution < -0.4 is 16.4 Å². The number of rotatable bonds is 3. The summed E-state index contributed by atoms with van der Waals surface area (Å²) < 4.78 is 0. The van der Waals surface area contributed by atoms with Crippen LogP contribution in [0.4, 0.5) is 11.4 Å². The summed E-state index contributed by atoms with van der Waals surface area (Å²) in [4.78, 5) is 12.6. The van der Waals surface area contributed by atoms with Crippen LogP contribution in [-0.4, -0.2) is 12.5 Å². The molecule has 114 valence electrons. The van der Waals surface area contributed by atoms with Crippen molar-refractivity contribution in [3.8, 4) is 0 Å². The van der Waals surface area contributed by atoms with E-state index in [0.717, 1.165) is 36.3 Å². The van der Waals surface area contributed by atoms with Crippen LogP contribution in [-0.2, 0) is 16.8 Å². The van der Waals surface area contributed by atoms with Gasteiger partial charge in [-0.3, -0.25) is 4.79 Å². The van der Waals surface area contributed by atoms with E-state index in [4.69, 9.17) is 5.73 Å². The third kappa shape index (κ3) is 2.83. The molecule has 1 unspecified atom stereocenters. The Kier molecular flexibility index (Phi) is 3.86. The molecule has 4 heteroatoms. The molecule has 1 atom stereocenters. The number of nitrogens with two attached hydrogens (primary N) is 1. The van der Waals surface area contributed by atoms with Crippen molar-refractivity contribution >= 4 is 17.3 Å². The quantitative estimate of drug-likeness (QED) is 0.815. The molecular formula is C18H21N3O. The first-order chi connectivity index (χ1) is 10.6. The maximum Gasteiger partial charge on any atom is 0.248 e. The molecule has 0 aromatic heterocycles. The minimum absolute atomic E-state index is 0.206. The maximum absolute atomic E-state index is 12.6. The van der Waals surface area contributed by atoms with Crippen molar-refractivity contribution in [1.29, 1.82) is 0 Å². The highest BCUT2D eigenvalue weighted by Gasteiger charge is 2.30. The number of benzene rings is 2. The van der Waals surface area contributed by atoms with Gasteiger partial charge in [0, 0.05) is 17.9 Å². The standard InChI is InChI=1S/C18H21N3O/c1-18(19,14-7-3-2-4-8-14)17(22)21-15-9-10-16-13(12-15)6-5-11-20-16/h2-4,7-10,12,20H,5-6,11,19H2,1H3,(H,21,22). The van der Waals surface area contributed by atoms with Crippen LogP contribution in [0.5, 0.6) is 0 Å². The number of hydrogen-bond acceptors (Lipinski definition) is 3. The fraction of sp³-hybridized carbons (Fsp3) is 0.278. The van der Waals surface area contributed by atoms with Gasteiger partial charge in [-0.2, -0.15) is 0 Å². The first-order valence-electron chi connectivity index (χ1n) is 7.60. The fourth-order valence-corrected chi connectivity index (χ4v) is 2.73. The van der Waals surface area contributed by atoms with Crippen molar-refractivity contribution in [2.45, 2.75) is 25.3 Å². The zero-order valence-electron chi connectivity index (χ0n) is 12.7. The lowest BCUT2D eigenvalue weighted by molar-refractivity contribution is -0.120. The van der Waals surface area contributed by atoms with Crippen LogP contribution in [0.2, 0.25) is 0 Å². The summed E-state index contributed by atoms with van der Waals surface area (Å²) in [6, 6.07) is 15.4. The van der Waals surface area contributed by atoms with Gasteiger partial charge < -0.3 is 16.4 Å². The van der Waals surface area contributed by atoms with Gasteiger partial charge >= 0.3 is 0 Å². The molecule has 1 heterocycles. The molecule has 4 nitrogen and oxygen atoms in total. The third-order valence-corrected chi connectivity index (χ3v) is 4.15. The molecule has 2 aromatic rings. The van der Waals surface area contributed by atoms with Crippen LogP contribution in [0.3, 0.4) is 0 Å². The van der Waals surface area contributed by atoms with Crippen LogP contribution in [0, 0.1) is 0 Å². The molecule has 1 aliphatic heterocycles. The highest BCUT2D eigenvalue weighted by Crippen LogP contribution is 2.26. The van der Waals surface area contributed by atoms with Gasteiger partial charge in [-0.25, -0.2) is 0 Å². The number of aryl methyl sites for hydroxylation is 1. The largest absolute Gasteiger partial charge is 0.385 e. The number of nitrogens with one attached hydrogen (secondary N) is 2. The van der Waals surface area contributed by atoms with Gasteiger partial charge in [0.25, 0.3) is 0 Å². The zero-order chi connectivity index (χ0) is 15.6. The maximum atomic E-state index is 12.6. The number of carbonyl (C=O) groups is 1. The van der Waals surface area contributed by atoms with E-state index in [1.54, 1.807) is 6.92 Å². The molecular weight excluding hydrogens is 274 g/mol. The minimum atomic E-state index is -1.06. The van der Waals surface area contributed by atoms with Crippen molar-refractivity contribution in [2.75, 3.05) is 17.2 Å². The van der Waals surface area contributed by atoms with Crippen LogP contribution >= 0.6 is 0 Å². The molecule has 4 N–H and O–H groups in total. The molecule has 2 aromatic carbocycles. The zero-order valence-corrected chi connectivity index (χ0v) is 12.7. The summed E-state index contributed by atoms with van der Waals surface area (Å²) in [5.41, 5.74) is 9.17. The van der Waals surface area contributed by atoms with Gasteiger partial charge in [0.2, 0.25) is 5.91 Å². The molecule has 0 radical (unpaired) electrons. The summed E-state index contributed by atoms with van der Waals surface area (Å²) in [6.45, 7) is 2.74. The van der Waals surface area contributed by atoms with E-state index in [9.17, 15) is 4.79 Å². The predicted molar refractivity (Wildman–Crippen MR) is 89.9 cm³/mol. The number of amides is 1. The molecule has 0 saturated carbocycles. The van der Waals surface area contributed by atoms with Gasteiger partial charge in [-0.05, 0) is 49.1 Å². The van der Waals surface area contributed by atoms with E-state index >= 15 is 0 Å². The van der Waals surface area contributed by atoms with E-state index < -0.39 is 5.54 Å². The van der Waals surface area contributed by atoms with E-state index in [1.165, 1.54) is 5.56 Å². The average molecular weight is 295 g/mol. The van der Waals surface area contributed by atoms with E-state index in [1.807, 2.05) is 48.5 Å². The lowest BCUT2D eigenvalue weighted by atomic mass is 9.92. The smallest absolute Gasteiger partial charge is 0.248 e. The molecule has 0 fully saturated rings. The predicted octanol–water partition coefficient (Wildman–Crippen LogP) is 2.86. The minimum Gasteiger partial charge on any atom is -0.385 e. The first kappa shape index (κ1) is 14.6. The first-order valence-corrected chi connectivity index (χ1v) is 7.60. The Bertz CT molecular complexity index is 680. The van der Waals surface area contributed by atoms with E-state index in [0.29, 0.717) is 0 Å². The summed E-state index contributed by atoms with van der Waals surface area (Å²) in [5, 5.41) is 6.30. The van der Waals surface area contributed by atoms with Crippen LogP contribution in [0.1, 0.15) is 24.5 Å². The summed E-state index contributed by atoms with van der Waals surface area (Å²) in [6.07, 6.45) is 2.15. The van der Waals surface area contributed by atoms with Crippen molar-refractivity contribution in [3.05, 3.63) is 59.7 Å². The highest BCUT2D eigenvalue weighted by molar-refractivity contribution is 5.98. The normalized spacial score (nSPS) is 16.1. The molecule has 0 bridgehead atoms. The average Bonchev–Trinajstić information content (AvgIpc) is 2.55. The van der Waals surface area contributed by atoms with Gasteiger partial charge in [0.05, 0.1) is 0 Å². The van der Waals surface area contributed by atoms with Gasteiger partial charge in [0.1, 0.15) is 5.54 Å². The summed E-state index contributed by atoms with van der Waals surface area (Å²) in [7, 11) is 0. The number of anilines is 2. The molecule has 1 aliphatic rings. The molecule has 0 aliphatic carbocycles. The molecule has 22 heavy (non-hydrogen) atoms. The SMILES string of the molecule is CC(N)(C(=O)Nc1ccc2c(c1)CCCN2)c1ccccc1. The Balaban J connectivity index is 1.79. The molecule has 0 saturated heterocycles. The molecule has 3 rings (SSSR count). The van der Waals surface area contributed by atoms with Crippen molar-refractivity contribution < 1.29 is 4.79 Å². The molecule has 0 spiro atoms. The van der Waals surface area contributed by atoms with Crippen molar-refractivity contribution in [1.82, 2.24) is 0 Å². The topological polar surface area (TPSA) is 67.2 Å². The monoisotopic (exact) mass is 295 g/mol. The second kappa shape index (κ2) is 5.81. The van der Waals surface area contributed by atoms with Crippen LogP contribution in [0.25, 0.3) is 0 Å². The number of carbonyl (C=O) groups excluding carboxylic acids is 1. The Morgan fingerprint density at radius 1 is 1.23 bits per heavy atom. The Hall–Kier alpha value is -2.33. The number of hydrogen-bond donors (Lipinski definition) is 3. The Morgan fingerprint density at radius 3 is 2.77 bits per heavy atom. The van der Waals surface area contributed by atoms with E-state index in [-0.39, 0.29) is 5.91 Å². The van der Waals surface area contributed by atoms with Crippen molar-refractivity contribution in [2.24, 2.45) is 5.73 Å².